The van der Waals surface area contributed by atoms with Crippen LogP contribution in [-0.2, 0) is 0 Å². The lowest BCUT2D eigenvalue weighted by atomic mass is 9.79. The average Bonchev–Trinajstić information content (AvgIpc) is 2.28. The third-order valence-electron chi connectivity index (χ3n) is 3.72. The molecule has 0 saturated heterocycles. The molecule has 0 aliphatic heterocycles. The Kier molecular flexibility index (Phi) is 3.28. The van der Waals surface area contributed by atoms with Gasteiger partial charge in [-0.1, -0.05) is 26.8 Å². The summed E-state index contributed by atoms with van der Waals surface area (Å²) in [5, 5.41) is 0. The van der Waals surface area contributed by atoms with Crippen LogP contribution < -0.4 is 4.74 Å². The van der Waals surface area contributed by atoms with Crippen molar-refractivity contribution in [2.75, 3.05) is 7.11 Å². The molecule has 0 aromatic heterocycles. The van der Waals surface area contributed by atoms with E-state index < -0.39 is 0 Å². The van der Waals surface area contributed by atoms with E-state index in [0.29, 0.717) is 11.8 Å². The summed E-state index contributed by atoms with van der Waals surface area (Å²) in [6.45, 7) is 8.95. The topological polar surface area (TPSA) is 9.23 Å². The highest BCUT2D eigenvalue weighted by Crippen LogP contribution is 2.40. The van der Waals surface area contributed by atoms with Crippen LogP contribution in [0.5, 0.6) is 5.75 Å². The molecule has 92 valence electrons. The van der Waals surface area contributed by atoms with Gasteiger partial charge in [-0.05, 0) is 59.6 Å². The summed E-state index contributed by atoms with van der Waals surface area (Å²) in [4.78, 5) is 0. The molecular formula is C16H22O. The van der Waals surface area contributed by atoms with Gasteiger partial charge in [0.25, 0.3) is 0 Å². The molecule has 0 spiro atoms. The predicted octanol–water partition coefficient (Wildman–Crippen LogP) is 4.55. The van der Waals surface area contributed by atoms with Crippen LogP contribution in [0.15, 0.2) is 18.2 Å². The van der Waals surface area contributed by atoms with Gasteiger partial charge < -0.3 is 4.74 Å². The Morgan fingerprint density at radius 3 is 2.59 bits per heavy atom. The fourth-order valence-corrected chi connectivity index (χ4v) is 2.67. The lowest BCUT2D eigenvalue weighted by molar-refractivity contribution is 0.410. The zero-order chi connectivity index (χ0) is 12.6. The molecule has 1 unspecified atom stereocenters. The Labute approximate surface area is 104 Å². The molecule has 1 atom stereocenters. The molecule has 0 radical (unpaired) electrons. The van der Waals surface area contributed by atoms with E-state index in [1.165, 1.54) is 22.3 Å². The maximum Gasteiger partial charge on any atom is 0.122 e. The zero-order valence-electron chi connectivity index (χ0n) is 11.5. The van der Waals surface area contributed by atoms with Crippen molar-refractivity contribution in [3.63, 3.8) is 0 Å². The number of hydrogen-bond donors (Lipinski definition) is 0. The molecule has 0 bridgehead atoms. The zero-order valence-corrected chi connectivity index (χ0v) is 11.5. The van der Waals surface area contributed by atoms with E-state index in [-0.39, 0.29) is 0 Å². The predicted molar refractivity (Wildman–Crippen MR) is 73.6 cm³/mol. The van der Waals surface area contributed by atoms with Gasteiger partial charge in [-0.25, -0.2) is 0 Å². The van der Waals surface area contributed by atoms with Crippen LogP contribution >= 0.6 is 0 Å². The summed E-state index contributed by atoms with van der Waals surface area (Å²) >= 11 is 0. The van der Waals surface area contributed by atoms with Crippen molar-refractivity contribution >= 4 is 5.57 Å². The van der Waals surface area contributed by atoms with Gasteiger partial charge >= 0.3 is 0 Å². The first-order chi connectivity index (χ1) is 8.04. The number of aryl methyl sites for hydroxylation is 1. The van der Waals surface area contributed by atoms with Crippen LogP contribution in [0.3, 0.4) is 0 Å². The maximum absolute atomic E-state index is 5.44. The van der Waals surface area contributed by atoms with Gasteiger partial charge in [0.15, 0.2) is 0 Å². The van der Waals surface area contributed by atoms with E-state index in [1.807, 2.05) is 0 Å². The molecule has 0 saturated carbocycles. The normalized spacial score (nSPS) is 18.9. The Morgan fingerprint density at radius 2 is 2.00 bits per heavy atom. The van der Waals surface area contributed by atoms with Crippen molar-refractivity contribution in [3.05, 3.63) is 34.9 Å². The number of fused-ring (bicyclic) bond motifs is 1. The minimum absolute atomic E-state index is 0.592. The maximum atomic E-state index is 5.44. The Morgan fingerprint density at radius 1 is 1.29 bits per heavy atom. The molecular weight excluding hydrogens is 208 g/mol. The molecule has 0 amide bonds. The quantitative estimate of drug-likeness (QED) is 0.724. The van der Waals surface area contributed by atoms with E-state index >= 15 is 0 Å². The van der Waals surface area contributed by atoms with E-state index in [1.54, 1.807) is 7.11 Å². The number of rotatable bonds is 2. The number of hydrogen-bond acceptors (Lipinski definition) is 1. The van der Waals surface area contributed by atoms with Crippen molar-refractivity contribution in [1.82, 2.24) is 0 Å². The molecule has 0 heterocycles. The molecule has 1 aromatic carbocycles. The second-order valence-corrected chi connectivity index (χ2v) is 5.36. The van der Waals surface area contributed by atoms with Crippen LogP contribution in [0.1, 0.15) is 49.8 Å². The highest BCUT2D eigenvalue weighted by molar-refractivity contribution is 5.73. The van der Waals surface area contributed by atoms with Gasteiger partial charge in [0, 0.05) is 0 Å². The smallest absolute Gasteiger partial charge is 0.122 e. The summed E-state index contributed by atoms with van der Waals surface area (Å²) in [5.41, 5.74) is 5.59. The van der Waals surface area contributed by atoms with E-state index in [9.17, 15) is 0 Å². The van der Waals surface area contributed by atoms with Gasteiger partial charge in [0.1, 0.15) is 5.75 Å². The summed E-state index contributed by atoms with van der Waals surface area (Å²) in [5.74, 6) is 2.21. The minimum atomic E-state index is 0.592. The summed E-state index contributed by atoms with van der Waals surface area (Å²) in [6, 6.07) is 4.51. The van der Waals surface area contributed by atoms with Crippen molar-refractivity contribution in [2.45, 2.75) is 40.0 Å². The highest BCUT2D eigenvalue weighted by Gasteiger charge is 2.21. The van der Waals surface area contributed by atoms with Crippen LogP contribution in [0, 0.1) is 12.8 Å². The molecule has 1 aliphatic rings. The number of ether oxygens (including phenoxy) is 1. The van der Waals surface area contributed by atoms with Crippen LogP contribution in [0.4, 0.5) is 0 Å². The Hall–Kier alpha value is -1.24. The third-order valence-corrected chi connectivity index (χ3v) is 3.72. The Balaban J connectivity index is 2.58. The first-order valence-corrected chi connectivity index (χ1v) is 6.43. The van der Waals surface area contributed by atoms with Crippen LogP contribution in [0.2, 0.25) is 0 Å². The van der Waals surface area contributed by atoms with Crippen molar-refractivity contribution in [3.8, 4) is 5.75 Å². The van der Waals surface area contributed by atoms with Gasteiger partial charge in [-0.15, -0.1) is 0 Å². The molecule has 0 N–H and O–H groups in total. The van der Waals surface area contributed by atoms with Gasteiger partial charge in [-0.2, -0.15) is 0 Å². The average molecular weight is 230 g/mol. The number of allylic oxidation sites excluding steroid dienone is 2. The first-order valence-electron chi connectivity index (χ1n) is 6.43. The van der Waals surface area contributed by atoms with E-state index in [0.717, 1.165) is 12.2 Å². The Bertz CT molecular complexity index is 455. The molecule has 0 fully saturated rings. The molecule has 1 aromatic rings. The standard InChI is InChI=1S/C16H22O/c1-10(2)13-7-6-11(3)14-9-16(17-5)12(4)8-15(13)14/h7-11H,6H2,1-5H3. The largest absolute Gasteiger partial charge is 0.496 e. The lowest BCUT2D eigenvalue weighted by Gasteiger charge is -2.26. The van der Waals surface area contributed by atoms with Gasteiger partial charge in [-0.3, -0.25) is 0 Å². The van der Waals surface area contributed by atoms with Crippen molar-refractivity contribution in [2.24, 2.45) is 5.92 Å². The molecule has 1 aliphatic carbocycles. The summed E-state index contributed by atoms with van der Waals surface area (Å²) in [6.07, 6.45) is 3.55. The van der Waals surface area contributed by atoms with Crippen molar-refractivity contribution < 1.29 is 4.74 Å². The molecule has 2 rings (SSSR count). The second-order valence-electron chi connectivity index (χ2n) is 5.36. The SMILES string of the molecule is COc1cc2c(cc1C)C(C(C)C)=CCC2C. The molecule has 17 heavy (non-hydrogen) atoms. The number of methoxy groups -OCH3 is 1. The van der Waals surface area contributed by atoms with Crippen LogP contribution in [0.25, 0.3) is 5.57 Å². The van der Waals surface area contributed by atoms with Crippen molar-refractivity contribution in [1.29, 1.82) is 0 Å². The minimum Gasteiger partial charge on any atom is -0.496 e. The monoisotopic (exact) mass is 230 g/mol. The van der Waals surface area contributed by atoms with E-state index in [4.69, 9.17) is 4.74 Å². The summed E-state index contributed by atoms with van der Waals surface area (Å²) < 4.78 is 5.44. The summed E-state index contributed by atoms with van der Waals surface area (Å²) in [7, 11) is 1.75. The fraction of sp³-hybridized carbons (Fsp3) is 0.500. The van der Waals surface area contributed by atoms with Gasteiger partial charge in [0.2, 0.25) is 0 Å². The fourth-order valence-electron chi connectivity index (χ4n) is 2.67. The molecule has 1 heteroatoms. The first kappa shape index (κ1) is 12.2. The second kappa shape index (κ2) is 4.56. The molecule has 1 nitrogen and oxygen atoms in total. The number of benzene rings is 1. The lowest BCUT2D eigenvalue weighted by Crippen LogP contribution is -2.08. The van der Waals surface area contributed by atoms with Gasteiger partial charge in [0.05, 0.1) is 7.11 Å². The van der Waals surface area contributed by atoms with Crippen LogP contribution in [-0.4, -0.2) is 7.11 Å². The third kappa shape index (κ3) is 2.11. The highest BCUT2D eigenvalue weighted by atomic mass is 16.5. The van der Waals surface area contributed by atoms with E-state index in [2.05, 4.69) is 45.9 Å².